The van der Waals surface area contributed by atoms with Gasteiger partial charge in [0.05, 0.1) is 13.0 Å². The minimum Gasteiger partial charge on any atom is -0.481 e. The predicted octanol–water partition coefficient (Wildman–Crippen LogP) is 1.87. The van der Waals surface area contributed by atoms with Crippen molar-refractivity contribution in [2.24, 2.45) is 0 Å². The van der Waals surface area contributed by atoms with Crippen molar-refractivity contribution in [1.29, 1.82) is 0 Å². The summed E-state index contributed by atoms with van der Waals surface area (Å²) in [6, 6.07) is 9.53. The summed E-state index contributed by atoms with van der Waals surface area (Å²) in [5, 5.41) is 8.79. The van der Waals surface area contributed by atoms with Gasteiger partial charge in [0.15, 0.2) is 0 Å². The van der Waals surface area contributed by atoms with Gasteiger partial charge in [0.1, 0.15) is 5.60 Å². The maximum Gasteiger partial charge on any atom is 0.410 e. The van der Waals surface area contributed by atoms with E-state index >= 15 is 0 Å². The summed E-state index contributed by atoms with van der Waals surface area (Å²) in [4.78, 5) is 23.9. The molecule has 0 bridgehead atoms. The molecule has 0 saturated carbocycles. The van der Waals surface area contributed by atoms with E-state index in [9.17, 15) is 9.59 Å². The number of carboxylic acids is 1. The number of carbonyl (C=O) groups is 2. The molecule has 1 heterocycles. The van der Waals surface area contributed by atoms with Gasteiger partial charge in [0, 0.05) is 6.54 Å². The van der Waals surface area contributed by atoms with Gasteiger partial charge < -0.3 is 9.84 Å². The van der Waals surface area contributed by atoms with Crippen molar-refractivity contribution < 1.29 is 19.4 Å². The summed E-state index contributed by atoms with van der Waals surface area (Å²) in [7, 11) is 0. The molecular formula is C13H15NO4. The van der Waals surface area contributed by atoms with Gasteiger partial charge in [-0.15, -0.1) is 0 Å². The van der Waals surface area contributed by atoms with Gasteiger partial charge in [0.2, 0.25) is 0 Å². The maximum atomic E-state index is 11.7. The molecule has 1 saturated heterocycles. The van der Waals surface area contributed by atoms with Crippen LogP contribution in [0.25, 0.3) is 0 Å². The van der Waals surface area contributed by atoms with Crippen molar-refractivity contribution >= 4 is 12.1 Å². The number of amides is 1. The molecule has 1 amide bonds. The molecule has 2 rings (SSSR count). The highest BCUT2D eigenvalue weighted by Crippen LogP contribution is 2.27. The number of cyclic esters (lactones) is 1. The monoisotopic (exact) mass is 249 g/mol. The lowest BCUT2D eigenvalue weighted by molar-refractivity contribution is -0.140. The quantitative estimate of drug-likeness (QED) is 0.884. The number of aliphatic carboxylic acids is 1. The Hall–Kier alpha value is -2.04. The summed E-state index contributed by atoms with van der Waals surface area (Å²) < 4.78 is 5.15. The van der Waals surface area contributed by atoms with E-state index in [-0.39, 0.29) is 6.42 Å². The topological polar surface area (TPSA) is 66.8 Å². The van der Waals surface area contributed by atoms with Gasteiger partial charge in [-0.3, -0.25) is 9.69 Å². The highest BCUT2D eigenvalue weighted by atomic mass is 16.6. The SMILES string of the molecule is CC1(CC(=O)O)CN(Cc2ccccc2)C(=O)O1. The molecule has 5 nitrogen and oxygen atoms in total. The van der Waals surface area contributed by atoms with E-state index in [2.05, 4.69) is 0 Å². The number of rotatable bonds is 4. The molecule has 1 aliphatic heterocycles. The van der Waals surface area contributed by atoms with E-state index in [4.69, 9.17) is 9.84 Å². The van der Waals surface area contributed by atoms with E-state index in [0.717, 1.165) is 5.56 Å². The minimum absolute atomic E-state index is 0.177. The molecule has 0 aromatic heterocycles. The molecule has 1 aliphatic rings. The van der Waals surface area contributed by atoms with Crippen LogP contribution in [-0.4, -0.2) is 34.2 Å². The Morgan fingerprint density at radius 3 is 2.72 bits per heavy atom. The van der Waals surface area contributed by atoms with Crippen LogP contribution in [0.15, 0.2) is 30.3 Å². The highest BCUT2D eigenvalue weighted by molar-refractivity contribution is 5.74. The average molecular weight is 249 g/mol. The van der Waals surface area contributed by atoms with Crippen LogP contribution in [0.2, 0.25) is 0 Å². The van der Waals surface area contributed by atoms with Crippen molar-refractivity contribution in [3.63, 3.8) is 0 Å². The zero-order valence-corrected chi connectivity index (χ0v) is 10.1. The first-order valence-corrected chi connectivity index (χ1v) is 5.72. The molecule has 1 atom stereocenters. The summed E-state index contributed by atoms with van der Waals surface area (Å²) >= 11 is 0. The van der Waals surface area contributed by atoms with E-state index in [1.807, 2.05) is 30.3 Å². The molecular weight excluding hydrogens is 234 g/mol. The smallest absolute Gasteiger partial charge is 0.410 e. The first-order chi connectivity index (χ1) is 8.48. The van der Waals surface area contributed by atoms with Crippen molar-refractivity contribution in [3.05, 3.63) is 35.9 Å². The van der Waals surface area contributed by atoms with Crippen LogP contribution in [0.4, 0.5) is 4.79 Å². The van der Waals surface area contributed by atoms with Crippen molar-refractivity contribution in [2.75, 3.05) is 6.54 Å². The van der Waals surface area contributed by atoms with Crippen LogP contribution in [-0.2, 0) is 16.1 Å². The minimum atomic E-state index is -0.966. The predicted molar refractivity (Wildman–Crippen MR) is 64.0 cm³/mol. The number of hydrogen-bond donors (Lipinski definition) is 1. The van der Waals surface area contributed by atoms with Crippen molar-refractivity contribution in [2.45, 2.75) is 25.5 Å². The second kappa shape index (κ2) is 4.68. The second-order valence-electron chi connectivity index (χ2n) is 4.73. The zero-order chi connectivity index (χ0) is 13.2. The lowest BCUT2D eigenvalue weighted by Gasteiger charge is -2.19. The molecule has 1 fully saturated rings. The summed E-state index contributed by atoms with van der Waals surface area (Å²) in [6.07, 6.45) is -0.632. The summed E-state index contributed by atoms with van der Waals surface area (Å²) in [5.41, 5.74) is 0.0616. The Kier molecular flexibility index (Phi) is 3.23. The number of hydrogen-bond acceptors (Lipinski definition) is 3. The van der Waals surface area contributed by atoms with Gasteiger partial charge in [-0.2, -0.15) is 0 Å². The third kappa shape index (κ3) is 2.80. The third-order valence-corrected chi connectivity index (χ3v) is 2.86. The molecule has 18 heavy (non-hydrogen) atoms. The fourth-order valence-electron chi connectivity index (χ4n) is 2.11. The van der Waals surface area contributed by atoms with Gasteiger partial charge >= 0.3 is 12.1 Å². The average Bonchev–Trinajstić information content (AvgIpc) is 2.53. The van der Waals surface area contributed by atoms with Crippen LogP contribution in [0.5, 0.6) is 0 Å². The number of carbonyl (C=O) groups excluding carboxylic acids is 1. The van der Waals surface area contributed by atoms with Crippen LogP contribution in [0, 0.1) is 0 Å². The zero-order valence-electron chi connectivity index (χ0n) is 10.1. The number of carboxylic acid groups (broad SMARTS) is 1. The second-order valence-corrected chi connectivity index (χ2v) is 4.73. The van der Waals surface area contributed by atoms with E-state index in [1.54, 1.807) is 6.92 Å². The Balaban J connectivity index is 2.04. The van der Waals surface area contributed by atoms with Gasteiger partial charge in [-0.25, -0.2) is 4.79 Å². The van der Waals surface area contributed by atoms with Crippen LogP contribution in [0.1, 0.15) is 18.9 Å². The van der Waals surface area contributed by atoms with E-state index in [0.29, 0.717) is 13.1 Å². The maximum absolute atomic E-state index is 11.7. The molecule has 96 valence electrons. The fraction of sp³-hybridized carbons (Fsp3) is 0.385. The largest absolute Gasteiger partial charge is 0.481 e. The van der Waals surface area contributed by atoms with Crippen molar-refractivity contribution in [3.8, 4) is 0 Å². The first-order valence-electron chi connectivity index (χ1n) is 5.72. The summed E-state index contributed by atoms with van der Waals surface area (Å²) in [5.74, 6) is -0.966. The molecule has 0 spiro atoms. The summed E-state index contributed by atoms with van der Waals surface area (Å²) in [6.45, 7) is 2.38. The lowest BCUT2D eigenvalue weighted by Crippen LogP contribution is -2.33. The molecule has 0 radical (unpaired) electrons. The lowest BCUT2D eigenvalue weighted by atomic mass is 10.0. The molecule has 1 N–H and O–H groups in total. The van der Waals surface area contributed by atoms with E-state index < -0.39 is 17.7 Å². The number of benzene rings is 1. The highest BCUT2D eigenvalue weighted by Gasteiger charge is 2.42. The Morgan fingerprint density at radius 2 is 2.11 bits per heavy atom. The Labute approximate surface area is 105 Å². The molecule has 1 aromatic carbocycles. The fourth-order valence-corrected chi connectivity index (χ4v) is 2.11. The number of nitrogens with zero attached hydrogens (tertiary/aromatic N) is 1. The molecule has 1 aromatic rings. The van der Waals surface area contributed by atoms with Crippen molar-refractivity contribution in [1.82, 2.24) is 4.90 Å². The van der Waals surface area contributed by atoms with Crippen LogP contribution >= 0.6 is 0 Å². The van der Waals surface area contributed by atoms with E-state index in [1.165, 1.54) is 4.90 Å². The number of ether oxygens (including phenoxy) is 1. The van der Waals surface area contributed by atoms with Gasteiger partial charge in [-0.05, 0) is 12.5 Å². The molecule has 5 heteroatoms. The van der Waals surface area contributed by atoms with Crippen LogP contribution in [0.3, 0.4) is 0 Å². The Morgan fingerprint density at radius 1 is 1.44 bits per heavy atom. The standard InChI is InChI=1S/C13H15NO4/c1-13(7-11(15)16)9-14(12(17)18-13)8-10-5-3-2-4-6-10/h2-6H,7-9H2,1H3,(H,15,16). The Bertz CT molecular complexity index is 459. The first kappa shape index (κ1) is 12.4. The van der Waals surface area contributed by atoms with Gasteiger partial charge in [0.25, 0.3) is 0 Å². The third-order valence-electron chi connectivity index (χ3n) is 2.86. The van der Waals surface area contributed by atoms with Gasteiger partial charge in [-0.1, -0.05) is 30.3 Å². The molecule has 1 unspecified atom stereocenters. The molecule has 0 aliphatic carbocycles. The normalized spacial score (nSPS) is 22.9. The van der Waals surface area contributed by atoms with Crippen LogP contribution < -0.4 is 0 Å².